The van der Waals surface area contributed by atoms with Gasteiger partial charge in [-0.15, -0.1) is 0 Å². The molecule has 0 aromatic heterocycles. The summed E-state index contributed by atoms with van der Waals surface area (Å²) in [6.45, 7) is 10.4. The fraction of sp³-hybridized carbons (Fsp3) is 0.528. The number of hydrogen-bond donors (Lipinski definition) is 0. The minimum Gasteiger partial charge on any atom is -0.496 e. The summed E-state index contributed by atoms with van der Waals surface area (Å²) >= 11 is 0. The van der Waals surface area contributed by atoms with Crippen molar-refractivity contribution < 1.29 is 54.9 Å². The number of esters is 1. The molecule has 1 aliphatic heterocycles. The molecule has 2 aromatic carbocycles. The molecule has 1 fully saturated rings. The van der Waals surface area contributed by atoms with Crippen LogP contribution in [0.25, 0.3) is 5.57 Å². The molecule has 0 N–H and O–H groups in total. The van der Waals surface area contributed by atoms with E-state index in [1.165, 1.54) is 30.9 Å². The molecule has 2 amide bonds. The summed E-state index contributed by atoms with van der Waals surface area (Å²) in [4.78, 5) is 41.6. The van der Waals surface area contributed by atoms with Gasteiger partial charge in [0.2, 0.25) is 0 Å². The average molecular weight is 713 g/mol. The van der Waals surface area contributed by atoms with Crippen molar-refractivity contribution in [3.63, 3.8) is 0 Å². The van der Waals surface area contributed by atoms with Crippen LogP contribution >= 0.6 is 0 Å². The van der Waals surface area contributed by atoms with Gasteiger partial charge in [0.1, 0.15) is 24.0 Å². The number of alkyl halides is 6. The van der Waals surface area contributed by atoms with E-state index in [9.17, 15) is 40.7 Å². The van der Waals surface area contributed by atoms with E-state index >= 15 is 0 Å². The van der Waals surface area contributed by atoms with Crippen LogP contribution < -0.4 is 4.74 Å². The monoisotopic (exact) mass is 712 g/mol. The van der Waals surface area contributed by atoms with Crippen LogP contribution in [-0.4, -0.2) is 66.7 Å². The summed E-state index contributed by atoms with van der Waals surface area (Å²) in [6.07, 6.45) is -10.7. The third kappa shape index (κ3) is 8.91. The highest BCUT2D eigenvalue weighted by Crippen LogP contribution is 2.47. The SMILES string of the molecule is COc1ccc(C(=O)N(C)CC(=O)OC(C)(C)C)cc1C1=C(CN2C(=O)O[C@H](c3cc(C(F)(F)F)cc(C(F)(F)F)c3)[C@@H]2C)CC(C)(C)CC1. The average Bonchev–Trinajstić information content (AvgIpc) is 3.26. The normalized spacial score (nSPS) is 19.7. The Morgan fingerprint density at radius 1 is 1.00 bits per heavy atom. The first-order valence-electron chi connectivity index (χ1n) is 16.0. The molecule has 2 aromatic rings. The quantitative estimate of drug-likeness (QED) is 0.201. The number of hydrogen-bond acceptors (Lipinski definition) is 6. The first-order chi connectivity index (χ1) is 22.9. The fourth-order valence-corrected chi connectivity index (χ4v) is 6.33. The second-order valence-electron chi connectivity index (χ2n) is 14.6. The number of benzene rings is 2. The highest BCUT2D eigenvalue weighted by Gasteiger charge is 2.44. The number of cyclic esters (lactones) is 1. The molecule has 0 bridgehead atoms. The van der Waals surface area contributed by atoms with Gasteiger partial charge >= 0.3 is 24.4 Å². The van der Waals surface area contributed by atoms with Crippen LogP contribution in [0.4, 0.5) is 31.1 Å². The van der Waals surface area contributed by atoms with E-state index < -0.39 is 64.8 Å². The predicted molar refractivity (Wildman–Crippen MR) is 172 cm³/mol. The van der Waals surface area contributed by atoms with E-state index in [0.29, 0.717) is 36.3 Å². The van der Waals surface area contributed by atoms with Gasteiger partial charge in [0.05, 0.1) is 24.3 Å². The van der Waals surface area contributed by atoms with Gasteiger partial charge in [-0.25, -0.2) is 4.79 Å². The molecule has 1 heterocycles. The lowest BCUT2D eigenvalue weighted by Gasteiger charge is -2.36. The van der Waals surface area contributed by atoms with Crippen LogP contribution in [0, 0.1) is 5.41 Å². The number of carbonyl (C=O) groups excluding carboxylic acids is 3. The molecule has 274 valence electrons. The zero-order valence-electron chi connectivity index (χ0n) is 29.3. The molecule has 2 aliphatic rings. The molecule has 0 saturated carbocycles. The van der Waals surface area contributed by atoms with Gasteiger partial charge in [0.25, 0.3) is 5.91 Å². The molecule has 1 aliphatic carbocycles. The first-order valence-corrected chi connectivity index (χ1v) is 16.0. The number of rotatable bonds is 8. The van der Waals surface area contributed by atoms with Gasteiger partial charge < -0.3 is 19.1 Å². The Bertz CT molecular complexity index is 1640. The number of amides is 2. The summed E-state index contributed by atoms with van der Waals surface area (Å²) in [6, 6.07) is 5.11. The van der Waals surface area contributed by atoms with Gasteiger partial charge in [-0.05, 0) is 105 Å². The van der Waals surface area contributed by atoms with Crippen molar-refractivity contribution in [1.29, 1.82) is 0 Å². The largest absolute Gasteiger partial charge is 0.496 e. The number of likely N-dealkylation sites (N-methyl/N-ethyl adjacent to an activating group) is 1. The standard InChI is InChI=1S/C36H42F6N2O6/c1-20-30(22-13-24(35(37,38)39)16-25(14-22)36(40,41)42)49-32(47)44(20)18-23-17-34(5,6)12-11-26(23)27-15-21(9-10-28(27)48-8)31(46)43(7)19-29(45)50-33(2,3)4/h9-10,13-16,20,30H,11-12,17-19H2,1-8H3/t20-,30-/m0/s1. The van der Waals surface area contributed by atoms with Crippen LogP contribution in [0.15, 0.2) is 42.0 Å². The maximum atomic E-state index is 13.6. The van der Waals surface area contributed by atoms with Crippen molar-refractivity contribution in [2.75, 3.05) is 27.2 Å². The lowest BCUT2D eigenvalue weighted by molar-refractivity contribution is -0.155. The zero-order chi connectivity index (χ0) is 37.6. The van der Waals surface area contributed by atoms with E-state index in [2.05, 4.69) is 0 Å². The van der Waals surface area contributed by atoms with Crippen LogP contribution in [0.3, 0.4) is 0 Å². The lowest BCUT2D eigenvalue weighted by atomic mass is 9.72. The summed E-state index contributed by atoms with van der Waals surface area (Å²) in [5.41, 5.74) is -1.96. The molecule has 0 unspecified atom stereocenters. The third-order valence-corrected chi connectivity index (χ3v) is 8.77. The summed E-state index contributed by atoms with van der Waals surface area (Å²) in [5.74, 6) is -0.578. The van der Waals surface area contributed by atoms with Crippen LogP contribution in [-0.2, 0) is 26.6 Å². The number of carbonyl (C=O) groups is 3. The van der Waals surface area contributed by atoms with Crippen molar-refractivity contribution >= 4 is 23.5 Å². The highest BCUT2D eigenvalue weighted by atomic mass is 19.4. The van der Waals surface area contributed by atoms with E-state index in [0.717, 1.165) is 17.6 Å². The maximum absolute atomic E-state index is 13.6. The number of halogens is 6. The smallest absolute Gasteiger partial charge is 0.416 e. The second-order valence-corrected chi connectivity index (χ2v) is 14.6. The maximum Gasteiger partial charge on any atom is 0.416 e. The Morgan fingerprint density at radius 3 is 2.14 bits per heavy atom. The topological polar surface area (TPSA) is 85.4 Å². The Morgan fingerprint density at radius 2 is 1.60 bits per heavy atom. The molecule has 0 spiro atoms. The molecule has 8 nitrogen and oxygen atoms in total. The zero-order valence-corrected chi connectivity index (χ0v) is 29.3. The molecule has 14 heteroatoms. The van der Waals surface area contributed by atoms with Crippen molar-refractivity contribution in [2.45, 2.75) is 90.9 Å². The third-order valence-electron chi connectivity index (χ3n) is 8.77. The molecule has 2 atom stereocenters. The molecule has 50 heavy (non-hydrogen) atoms. The minimum absolute atomic E-state index is 0.0276. The summed E-state index contributed by atoms with van der Waals surface area (Å²) in [7, 11) is 2.94. The van der Waals surface area contributed by atoms with Gasteiger partial charge in [-0.2, -0.15) is 26.3 Å². The minimum atomic E-state index is -5.06. The molecular weight excluding hydrogens is 670 g/mol. The van der Waals surface area contributed by atoms with Gasteiger partial charge in [-0.3, -0.25) is 14.5 Å². The molecule has 0 radical (unpaired) electrons. The van der Waals surface area contributed by atoms with Crippen molar-refractivity contribution in [1.82, 2.24) is 9.80 Å². The fourth-order valence-electron chi connectivity index (χ4n) is 6.33. The van der Waals surface area contributed by atoms with Crippen molar-refractivity contribution in [3.8, 4) is 5.75 Å². The first kappa shape index (κ1) is 38.6. The number of ether oxygens (including phenoxy) is 3. The van der Waals surface area contributed by atoms with E-state index in [1.807, 2.05) is 13.8 Å². The predicted octanol–water partition coefficient (Wildman–Crippen LogP) is 8.69. The Labute approximate surface area is 287 Å². The second kappa shape index (κ2) is 13.8. The van der Waals surface area contributed by atoms with Gasteiger partial charge in [-0.1, -0.05) is 13.8 Å². The van der Waals surface area contributed by atoms with Crippen molar-refractivity contribution in [2.24, 2.45) is 5.41 Å². The molecule has 1 saturated heterocycles. The number of methoxy groups -OCH3 is 1. The van der Waals surface area contributed by atoms with Crippen LogP contribution in [0.5, 0.6) is 5.75 Å². The summed E-state index contributed by atoms with van der Waals surface area (Å²) in [5, 5.41) is 0. The Kier molecular flexibility index (Phi) is 10.7. The van der Waals surface area contributed by atoms with Gasteiger partial charge in [0, 0.05) is 24.7 Å². The van der Waals surface area contributed by atoms with Crippen LogP contribution in [0.2, 0.25) is 0 Å². The van der Waals surface area contributed by atoms with E-state index in [1.54, 1.807) is 39.0 Å². The molecular formula is C36H42F6N2O6. The highest BCUT2D eigenvalue weighted by molar-refractivity contribution is 5.97. The number of allylic oxidation sites excluding steroid dienone is 1. The summed E-state index contributed by atoms with van der Waals surface area (Å²) < 4.78 is 98.1. The van der Waals surface area contributed by atoms with Crippen molar-refractivity contribution in [3.05, 3.63) is 69.8 Å². The van der Waals surface area contributed by atoms with E-state index in [-0.39, 0.29) is 30.1 Å². The van der Waals surface area contributed by atoms with E-state index in [4.69, 9.17) is 14.2 Å². The Balaban J connectivity index is 1.70. The number of nitrogens with zero attached hydrogens (tertiary/aromatic N) is 2. The van der Waals surface area contributed by atoms with Gasteiger partial charge in [0.15, 0.2) is 0 Å². The Hall–Kier alpha value is -4.23. The lowest BCUT2D eigenvalue weighted by Crippen LogP contribution is -2.36. The van der Waals surface area contributed by atoms with Crippen LogP contribution in [0.1, 0.15) is 99.5 Å². The molecule has 4 rings (SSSR count).